The van der Waals surface area contributed by atoms with Crippen molar-refractivity contribution < 1.29 is 9.59 Å². The second-order valence-electron chi connectivity index (χ2n) is 4.43. The molecule has 0 aliphatic carbocycles. The van der Waals surface area contributed by atoms with Crippen LogP contribution in [0.3, 0.4) is 0 Å². The van der Waals surface area contributed by atoms with Gasteiger partial charge in [-0.3, -0.25) is 9.59 Å². The number of nitrogens with one attached hydrogen (secondary N) is 1. The lowest BCUT2D eigenvalue weighted by Gasteiger charge is -2.14. The van der Waals surface area contributed by atoms with Crippen LogP contribution < -0.4 is 11.1 Å². The van der Waals surface area contributed by atoms with Crippen molar-refractivity contribution in [1.82, 2.24) is 5.32 Å². The molecular formula is C15H12N2O2. The van der Waals surface area contributed by atoms with Gasteiger partial charge in [-0.1, -0.05) is 24.3 Å². The zero-order valence-electron chi connectivity index (χ0n) is 10.4. The van der Waals surface area contributed by atoms with E-state index in [1.165, 1.54) is 0 Å². The van der Waals surface area contributed by atoms with Crippen molar-refractivity contribution in [2.75, 3.05) is 7.05 Å². The van der Waals surface area contributed by atoms with Crippen LogP contribution in [0.25, 0.3) is 21.5 Å². The number of hydrogen-bond donors (Lipinski definition) is 2. The second kappa shape index (κ2) is 3.95. The molecule has 0 heterocycles. The summed E-state index contributed by atoms with van der Waals surface area (Å²) < 4.78 is 0. The molecule has 3 aromatic carbocycles. The number of amides is 2. The fourth-order valence-corrected chi connectivity index (χ4v) is 2.57. The number of fused-ring (bicyclic) bond motifs is 6. The van der Waals surface area contributed by atoms with Gasteiger partial charge in [0.15, 0.2) is 0 Å². The lowest BCUT2D eigenvalue weighted by molar-refractivity contribution is 0.0964. The Kier molecular flexibility index (Phi) is 2.38. The SMILES string of the molecule is CNC(=O)c1ccc2c(C(N)=O)c1c1cccc2c1. The number of nitrogens with two attached hydrogens (primary N) is 1. The fourth-order valence-electron chi connectivity index (χ4n) is 2.57. The molecule has 2 amide bonds. The summed E-state index contributed by atoms with van der Waals surface area (Å²) in [5.41, 5.74) is 6.38. The molecule has 0 aromatic heterocycles. The summed E-state index contributed by atoms with van der Waals surface area (Å²) in [6, 6.07) is 11.2. The molecule has 3 rings (SSSR count). The summed E-state index contributed by atoms with van der Waals surface area (Å²) in [7, 11) is 1.56. The Morgan fingerprint density at radius 2 is 1.84 bits per heavy atom. The Morgan fingerprint density at radius 3 is 2.53 bits per heavy atom. The van der Waals surface area contributed by atoms with Crippen LogP contribution >= 0.6 is 0 Å². The number of primary amides is 1. The van der Waals surface area contributed by atoms with Gasteiger partial charge in [0.2, 0.25) is 5.91 Å². The van der Waals surface area contributed by atoms with E-state index in [0.717, 1.165) is 16.2 Å². The maximum absolute atomic E-state index is 11.9. The number of benzene rings is 3. The smallest absolute Gasteiger partial charge is 0.251 e. The molecule has 0 saturated heterocycles. The molecule has 0 fully saturated rings. The monoisotopic (exact) mass is 252 g/mol. The van der Waals surface area contributed by atoms with Crippen molar-refractivity contribution in [3.8, 4) is 0 Å². The molecule has 0 aliphatic rings. The topological polar surface area (TPSA) is 72.2 Å². The summed E-state index contributed by atoms with van der Waals surface area (Å²) in [5.74, 6) is -0.737. The van der Waals surface area contributed by atoms with Gasteiger partial charge in [0.05, 0.1) is 5.56 Å². The zero-order chi connectivity index (χ0) is 13.6. The second-order valence-corrected chi connectivity index (χ2v) is 4.43. The first kappa shape index (κ1) is 11.5. The molecule has 94 valence electrons. The molecule has 3 N–H and O–H groups in total. The molecule has 3 aromatic rings. The highest BCUT2D eigenvalue weighted by Crippen LogP contribution is 2.32. The van der Waals surface area contributed by atoms with E-state index in [9.17, 15) is 9.59 Å². The van der Waals surface area contributed by atoms with E-state index in [1.54, 1.807) is 19.2 Å². The van der Waals surface area contributed by atoms with Crippen LogP contribution in [0.4, 0.5) is 0 Å². The molecule has 0 unspecified atom stereocenters. The summed E-state index contributed by atoms with van der Waals surface area (Å²) in [5, 5.41) is 5.78. The highest BCUT2D eigenvalue weighted by atomic mass is 16.2. The van der Waals surface area contributed by atoms with Gasteiger partial charge >= 0.3 is 0 Å². The number of carbonyl (C=O) groups excluding carboxylic acids is 2. The summed E-state index contributed by atoms with van der Waals surface area (Å²) in [4.78, 5) is 23.7. The average molecular weight is 252 g/mol. The molecule has 0 radical (unpaired) electrons. The first-order valence-electron chi connectivity index (χ1n) is 5.93. The van der Waals surface area contributed by atoms with E-state index < -0.39 is 5.91 Å². The summed E-state index contributed by atoms with van der Waals surface area (Å²) in [6.07, 6.45) is 0. The molecule has 4 heteroatoms. The third kappa shape index (κ3) is 1.53. The molecular weight excluding hydrogens is 240 g/mol. The van der Waals surface area contributed by atoms with Crippen LogP contribution in [0, 0.1) is 0 Å². The van der Waals surface area contributed by atoms with Gasteiger partial charge < -0.3 is 11.1 Å². The molecule has 19 heavy (non-hydrogen) atoms. The minimum atomic E-state index is -0.512. The minimum Gasteiger partial charge on any atom is -0.366 e. The molecule has 0 atom stereocenters. The van der Waals surface area contributed by atoms with E-state index in [0.29, 0.717) is 16.5 Å². The Hall–Kier alpha value is -2.62. The lowest BCUT2D eigenvalue weighted by Crippen LogP contribution is -2.20. The van der Waals surface area contributed by atoms with Gasteiger partial charge in [-0.25, -0.2) is 0 Å². The van der Waals surface area contributed by atoms with Crippen molar-refractivity contribution in [1.29, 1.82) is 0 Å². The Balaban J connectivity index is 2.56. The molecule has 0 spiro atoms. The number of hydrogen-bond acceptors (Lipinski definition) is 2. The lowest BCUT2D eigenvalue weighted by atomic mass is 9.91. The van der Waals surface area contributed by atoms with Crippen LogP contribution in [0.1, 0.15) is 20.7 Å². The van der Waals surface area contributed by atoms with E-state index >= 15 is 0 Å². The van der Waals surface area contributed by atoms with Crippen molar-refractivity contribution in [2.45, 2.75) is 0 Å². The van der Waals surface area contributed by atoms with Gasteiger partial charge in [0.25, 0.3) is 5.91 Å². The minimum absolute atomic E-state index is 0.226. The van der Waals surface area contributed by atoms with Gasteiger partial charge in [-0.05, 0) is 28.3 Å². The number of carbonyl (C=O) groups is 2. The standard InChI is InChI=1S/C15H12N2O2/c1-17-15(19)11-6-5-10-8-3-2-4-9(7-8)12(11)13(10)14(16)18/h2-7H,1H3,(H2,16,18)(H,17,19). The Labute approximate surface area is 109 Å². The van der Waals surface area contributed by atoms with Crippen LogP contribution in [0.5, 0.6) is 0 Å². The maximum atomic E-state index is 11.9. The van der Waals surface area contributed by atoms with Gasteiger partial charge in [0.1, 0.15) is 0 Å². The third-order valence-corrected chi connectivity index (χ3v) is 3.39. The van der Waals surface area contributed by atoms with Crippen molar-refractivity contribution in [2.24, 2.45) is 5.73 Å². The molecule has 0 saturated carbocycles. The normalized spacial score (nSPS) is 11.0. The predicted molar refractivity (Wildman–Crippen MR) is 74.5 cm³/mol. The summed E-state index contributed by atoms with van der Waals surface area (Å²) >= 11 is 0. The van der Waals surface area contributed by atoms with E-state index in [4.69, 9.17) is 5.73 Å². The van der Waals surface area contributed by atoms with Crippen LogP contribution in [0.15, 0.2) is 36.4 Å². The van der Waals surface area contributed by atoms with E-state index in [1.807, 2.05) is 24.3 Å². The quantitative estimate of drug-likeness (QED) is 0.731. The average Bonchev–Trinajstić information content (AvgIpc) is 2.43. The zero-order valence-corrected chi connectivity index (χ0v) is 10.4. The van der Waals surface area contributed by atoms with E-state index in [-0.39, 0.29) is 5.91 Å². The summed E-state index contributed by atoms with van der Waals surface area (Å²) in [6.45, 7) is 0. The van der Waals surface area contributed by atoms with Crippen molar-refractivity contribution >= 4 is 33.4 Å². The maximum Gasteiger partial charge on any atom is 0.251 e. The van der Waals surface area contributed by atoms with Crippen molar-refractivity contribution in [3.05, 3.63) is 47.5 Å². The van der Waals surface area contributed by atoms with Gasteiger partial charge in [0, 0.05) is 18.0 Å². The van der Waals surface area contributed by atoms with Crippen LogP contribution in [-0.4, -0.2) is 18.9 Å². The van der Waals surface area contributed by atoms with E-state index in [2.05, 4.69) is 5.32 Å². The van der Waals surface area contributed by atoms with Crippen LogP contribution in [0.2, 0.25) is 0 Å². The van der Waals surface area contributed by atoms with Crippen molar-refractivity contribution in [3.63, 3.8) is 0 Å². The fraction of sp³-hybridized carbons (Fsp3) is 0.0667. The predicted octanol–water partition coefficient (Wildman–Crippen LogP) is 1.89. The highest BCUT2D eigenvalue weighted by Gasteiger charge is 2.19. The third-order valence-electron chi connectivity index (χ3n) is 3.39. The highest BCUT2D eigenvalue weighted by molar-refractivity contribution is 6.23. The first-order valence-corrected chi connectivity index (χ1v) is 5.93. The number of rotatable bonds is 2. The first-order chi connectivity index (χ1) is 9.13. The largest absolute Gasteiger partial charge is 0.366 e. The Bertz CT molecular complexity index is 808. The molecule has 4 bridgehead atoms. The molecule has 4 nitrogen and oxygen atoms in total. The molecule has 0 aliphatic heterocycles. The van der Waals surface area contributed by atoms with Gasteiger partial charge in [-0.2, -0.15) is 0 Å². The van der Waals surface area contributed by atoms with Gasteiger partial charge in [-0.15, -0.1) is 0 Å². The Morgan fingerprint density at radius 1 is 1.11 bits per heavy atom. The van der Waals surface area contributed by atoms with Crippen LogP contribution in [-0.2, 0) is 0 Å².